The van der Waals surface area contributed by atoms with Crippen molar-refractivity contribution in [1.82, 2.24) is 10.4 Å². The van der Waals surface area contributed by atoms with Crippen LogP contribution in [0.25, 0.3) is 0 Å². The molecule has 0 saturated heterocycles. The first-order valence-corrected chi connectivity index (χ1v) is 11.0. The zero-order chi connectivity index (χ0) is 22.1. The molecule has 0 saturated carbocycles. The van der Waals surface area contributed by atoms with Gasteiger partial charge in [0.15, 0.2) is 0 Å². The van der Waals surface area contributed by atoms with Gasteiger partial charge in [-0.25, -0.2) is 13.8 Å². The predicted molar refractivity (Wildman–Crippen MR) is 119 cm³/mol. The van der Waals surface area contributed by atoms with Crippen molar-refractivity contribution in [3.63, 3.8) is 0 Å². The number of carbonyl (C=O) groups is 1. The highest BCUT2D eigenvalue weighted by Crippen LogP contribution is 2.32. The molecule has 0 unspecified atom stereocenters. The monoisotopic (exact) mass is 438 g/mol. The second kappa shape index (κ2) is 10.4. The summed E-state index contributed by atoms with van der Waals surface area (Å²) in [7, 11) is -4.04. The fourth-order valence-corrected chi connectivity index (χ4v) is 4.20. The number of hydrogen-bond acceptors (Lipinski definition) is 6. The van der Waals surface area contributed by atoms with E-state index in [2.05, 4.69) is 15.5 Å². The molecule has 3 rings (SSSR count). The number of ether oxygens (including phenoxy) is 1. The molecule has 0 spiro atoms. The van der Waals surface area contributed by atoms with Gasteiger partial charge in [0.25, 0.3) is 15.9 Å². The van der Waals surface area contributed by atoms with Gasteiger partial charge in [-0.2, -0.15) is 5.10 Å². The second-order valence-electron chi connectivity index (χ2n) is 6.27. The minimum absolute atomic E-state index is 0.0612. The molecule has 1 amide bonds. The van der Waals surface area contributed by atoms with Gasteiger partial charge in [-0.3, -0.25) is 14.1 Å². The molecule has 9 heteroatoms. The standard InChI is InChI=1S/C22H22N4O4S/c1-2-30-21-14-7-6-13-20(21)26(31(28,29)19-11-4-3-5-12-19)17-22(27)25-24-16-18-10-8-9-15-23-18/h3-16H,2,17H2,1H3,(H,25,27)/b24-16+. The van der Waals surface area contributed by atoms with E-state index in [1.807, 2.05) is 0 Å². The largest absolute Gasteiger partial charge is 0.492 e. The summed E-state index contributed by atoms with van der Waals surface area (Å²) in [4.78, 5) is 16.7. The summed E-state index contributed by atoms with van der Waals surface area (Å²) in [5.74, 6) is -0.257. The summed E-state index contributed by atoms with van der Waals surface area (Å²) >= 11 is 0. The third-order valence-electron chi connectivity index (χ3n) is 4.13. The molecule has 3 aromatic rings. The van der Waals surface area contributed by atoms with Crippen LogP contribution in [0.2, 0.25) is 0 Å². The number of nitrogens with zero attached hydrogens (tertiary/aromatic N) is 3. The summed E-state index contributed by atoms with van der Waals surface area (Å²) in [5.41, 5.74) is 3.17. The number of carbonyl (C=O) groups excluding carboxylic acids is 1. The summed E-state index contributed by atoms with van der Waals surface area (Å²) in [6, 6.07) is 19.9. The van der Waals surface area contributed by atoms with E-state index in [1.165, 1.54) is 18.3 Å². The molecule has 0 radical (unpaired) electrons. The maximum absolute atomic E-state index is 13.4. The number of sulfonamides is 1. The number of nitrogens with one attached hydrogen (secondary N) is 1. The lowest BCUT2D eigenvalue weighted by Gasteiger charge is -2.25. The van der Waals surface area contributed by atoms with Crippen LogP contribution in [0, 0.1) is 0 Å². The SMILES string of the molecule is CCOc1ccccc1N(CC(=O)N/N=C/c1ccccn1)S(=O)(=O)c1ccccc1. The minimum Gasteiger partial charge on any atom is -0.492 e. The lowest BCUT2D eigenvalue weighted by molar-refractivity contribution is -0.119. The van der Waals surface area contributed by atoms with Gasteiger partial charge in [-0.05, 0) is 43.3 Å². The van der Waals surface area contributed by atoms with Gasteiger partial charge in [-0.15, -0.1) is 0 Å². The van der Waals surface area contributed by atoms with Crippen LogP contribution in [0.1, 0.15) is 12.6 Å². The number of benzene rings is 2. The van der Waals surface area contributed by atoms with Crippen molar-refractivity contribution in [3.8, 4) is 5.75 Å². The molecule has 0 aliphatic heterocycles. The minimum atomic E-state index is -4.04. The van der Waals surface area contributed by atoms with Crippen molar-refractivity contribution < 1.29 is 17.9 Å². The number of pyridine rings is 1. The first-order chi connectivity index (χ1) is 15.0. The molecular formula is C22H22N4O4S. The molecule has 8 nitrogen and oxygen atoms in total. The maximum Gasteiger partial charge on any atom is 0.264 e. The van der Waals surface area contributed by atoms with Crippen LogP contribution in [0.3, 0.4) is 0 Å². The number of hydrazone groups is 1. The Balaban J connectivity index is 1.89. The lowest BCUT2D eigenvalue weighted by atomic mass is 10.3. The number of aromatic nitrogens is 1. The first-order valence-electron chi connectivity index (χ1n) is 9.55. The fraction of sp³-hybridized carbons (Fsp3) is 0.136. The van der Waals surface area contributed by atoms with Crippen molar-refractivity contribution in [3.05, 3.63) is 84.7 Å². The molecule has 160 valence electrons. The zero-order valence-corrected chi connectivity index (χ0v) is 17.7. The summed E-state index contributed by atoms with van der Waals surface area (Å²) in [5, 5.41) is 3.86. The van der Waals surface area contributed by atoms with Gasteiger partial charge in [0.1, 0.15) is 12.3 Å². The van der Waals surface area contributed by atoms with Gasteiger partial charge < -0.3 is 4.74 Å². The Labute approximate surface area is 181 Å². The van der Waals surface area contributed by atoms with Gasteiger partial charge >= 0.3 is 0 Å². The third kappa shape index (κ3) is 5.67. The van der Waals surface area contributed by atoms with Crippen LogP contribution in [0.4, 0.5) is 5.69 Å². The average Bonchev–Trinajstić information content (AvgIpc) is 2.79. The van der Waals surface area contributed by atoms with Crippen LogP contribution < -0.4 is 14.5 Å². The van der Waals surface area contributed by atoms with E-state index in [-0.39, 0.29) is 10.6 Å². The van der Waals surface area contributed by atoms with Crippen molar-refractivity contribution >= 4 is 27.8 Å². The van der Waals surface area contributed by atoms with Crippen molar-refractivity contribution in [1.29, 1.82) is 0 Å². The number of anilines is 1. The highest BCUT2D eigenvalue weighted by molar-refractivity contribution is 7.92. The third-order valence-corrected chi connectivity index (χ3v) is 5.90. The van der Waals surface area contributed by atoms with Gasteiger partial charge in [0.2, 0.25) is 0 Å². The molecule has 0 bridgehead atoms. The molecule has 1 aromatic heterocycles. The topological polar surface area (TPSA) is 101 Å². The van der Waals surface area contributed by atoms with Crippen LogP contribution >= 0.6 is 0 Å². The van der Waals surface area contributed by atoms with Crippen molar-refractivity contribution in [2.75, 3.05) is 17.5 Å². The summed E-state index contributed by atoms with van der Waals surface area (Å²) < 4.78 is 33.3. The van der Waals surface area contributed by atoms with Crippen molar-refractivity contribution in [2.45, 2.75) is 11.8 Å². The van der Waals surface area contributed by atoms with Crippen LogP contribution in [-0.2, 0) is 14.8 Å². The van der Waals surface area contributed by atoms with E-state index in [4.69, 9.17) is 4.74 Å². The van der Waals surface area contributed by atoms with E-state index < -0.39 is 22.5 Å². The molecule has 1 heterocycles. The Morgan fingerprint density at radius 1 is 1.06 bits per heavy atom. The van der Waals surface area contributed by atoms with Gasteiger partial charge in [0.05, 0.1) is 29.1 Å². The molecule has 1 N–H and O–H groups in total. The van der Waals surface area contributed by atoms with Crippen LogP contribution in [-0.4, -0.2) is 38.7 Å². The van der Waals surface area contributed by atoms with E-state index in [1.54, 1.807) is 73.8 Å². The Morgan fingerprint density at radius 2 is 1.77 bits per heavy atom. The highest BCUT2D eigenvalue weighted by atomic mass is 32.2. The van der Waals surface area contributed by atoms with E-state index >= 15 is 0 Å². The Morgan fingerprint density at radius 3 is 2.48 bits per heavy atom. The fourth-order valence-electron chi connectivity index (χ4n) is 2.75. The molecule has 2 aromatic carbocycles. The lowest BCUT2D eigenvalue weighted by Crippen LogP contribution is -2.39. The average molecular weight is 439 g/mol. The smallest absolute Gasteiger partial charge is 0.264 e. The zero-order valence-electron chi connectivity index (χ0n) is 16.9. The Bertz CT molecular complexity index is 1140. The summed E-state index contributed by atoms with van der Waals surface area (Å²) in [6.07, 6.45) is 2.98. The number of hydrogen-bond donors (Lipinski definition) is 1. The highest BCUT2D eigenvalue weighted by Gasteiger charge is 2.29. The molecule has 0 fully saturated rings. The molecule has 0 aliphatic rings. The first kappa shape index (κ1) is 22.0. The second-order valence-corrected chi connectivity index (χ2v) is 8.14. The van der Waals surface area contributed by atoms with Gasteiger partial charge in [-0.1, -0.05) is 36.4 Å². The molecule has 0 atom stereocenters. The van der Waals surface area contributed by atoms with Crippen LogP contribution in [0.15, 0.2) is 89.0 Å². The molecule has 0 aliphatic carbocycles. The molecular weight excluding hydrogens is 416 g/mol. The van der Waals surface area contributed by atoms with E-state index in [0.717, 1.165) is 4.31 Å². The Kier molecular flexibility index (Phi) is 7.34. The number of amides is 1. The number of para-hydroxylation sites is 2. The normalized spacial score (nSPS) is 11.3. The van der Waals surface area contributed by atoms with Gasteiger partial charge in [0, 0.05) is 6.20 Å². The van der Waals surface area contributed by atoms with E-state index in [9.17, 15) is 13.2 Å². The predicted octanol–water partition coefficient (Wildman–Crippen LogP) is 2.83. The maximum atomic E-state index is 13.4. The van der Waals surface area contributed by atoms with Crippen molar-refractivity contribution in [2.24, 2.45) is 5.10 Å². The summed E-state index contributed by atoms with van der Waals surface area (Å²) in [6.45, 7) is 1.66. The molecule has 31 heavy (non-hydrogen) atoms. The number of rotatable bonds is 9. The quantitative estimate of drug-likeness (QED) is 0.409. The Hall–Kier alpha value is -3.72. The van der Waals surface area contributed by atoms with E-state index in [0.29, 0.717) is 18.1 Å². The van der Waals surface area contributed by atoms with Crippen LogP contribution in [0.5, 0.6) is 5.75 Å².